The quantitative estimate of drug-likeness (QED) is 0.812. The molecule has 1 aliphatic carbocycles. The second kappa shape index (κ2) is 4.01. The fourth-order valence-corrected chi connectivity index (χ4v) is 4.30. The molecule has 0 amide bonds. The average Bonchev–Trinajstić information content (AvgIpc) is 2.72. The lowest BCUT2D eigenvalue weighted by Gasteiger charge is -2.10. The van der Waals surface area contributed by atoms with E-state index < -0.39 is 30.0 Å². The SMILES string of the molecule is O=S(=O)(O)c1cc(S(=O)(=O)O)c2cccc3c2c1CC3. The molecule has 8 heteroatoms. The summed E-state index contributed by atoms with van der Waals surface area (Å²) in [7, 11) is -9.16. The molecule has 0 spiro atoms. The molecule has 0 saturated carbocycles. The fraction of sp³-hybridized carbons (Fsp3) is 0.167. The Morgan fingerprint density at radius 1 is 0.900 bits per heavy atom. The van der Waals surface area contributed by atoms with Crippen LogP contribution in [-0.2, 0) is 33.1 Å². The van der Waals surface area contributed by atoms with Crippen LogP contribution in [-0.4, -0.2) is 25.9 Å². The molecule has 2 aromatic carbocycles. The maximum absolute atomic E-state index is 11.4. The fourth-order valence-electron chi connectivity index (χ4n) is 2.73. The maximum Gasteiger partial charge on any atom is 0.295 e. The number of hydrogen-bond acceptors (Lipinski definition) is 4. The summed E-state index contributed by atoms with van der Waals surface area (Å²) in [5.74, 6) is 0. The summed E-state index contributed by atoms with van der Waals surface area (Å²) in [5, 5.41) is 0.750. The third kappa shape index (κ3) is 1.92. The van der Waals surface area contributed by atoms with Crippen molar-refractivity contribution in [1.82, 2.24) is 0 Å². The van der Waals surface area contributed by atoms with Gasteiger partial charge >= 0.3 is 0 Å². The molecule has 0 radical (unpaired) electrons. The smallest absolute Gasteiger partial charge is 0.282 e. The van der Waals surface area contributed by atoms with Gasteiger partial charge < -0.3 is 0 Å². The van der Waals surface area contributed by atoms with Gasteiger partial charge in [-0.15, -0.1) is 0 Å². The first-order chi connectivity index (χ1) is 9.19. The molecule has 0 atom stereocenters. The van der Waals surface area contributed by atoms with Crippen LogP contribution >= 0.6 is 0 Å². The van der Waals surface area contributed by atoms with Crippen molar-refractivity contribution in [3.05, 3.63) is 35.4 Å². The lowest BCUT2D eigenvalue weighted by atomic mass is 10.1. The summed E-state index contributed by atoms with van der Waals surface area (Å²) in [6.45, 7) is 0. The van der Waals surface area contributed by atoms with Gasteiger partial charge in [0.15, 0.2) is 0 Å². The zero-order valence-electron chi connectivity index (χ0n) is 10.1. The van der Waals surface area contributed by atoms with E-state index in [1.54, 1.807) is 12.1 Å². The van der Waals surface area contributed by atoms with Gasteiger partial charge in [0.2, 0.25) is 0 Å². The van der Waals surface area contributed by atoms with Crippen LogP contribution in [0.15, 0.2) is 34.1 Å². The third-order valence-electron chi connectivity index (χ3n) is 3.48. The first kappa shape index (κ1) is 13.5. The third-order valence-corrected chi connectivity index (χ3v) is 5.29. The van der Waals surface area contributed by atoms with E-state index in [0.717, 1.165) is 11.6 Å². The van der Waals surface area contributed by atoms with Crippen LogP contribution in [0.2, 0.25) is 0 Å². The lowest BCUT2D eigenvalue weighted by molar-refractivity contribution is 0.481. The van der Waals surface area contributed by atoms with Gasteiger partial charge in [0.25, 0.3) is 20.2 Å². The maximum atomic E-state index is 11.4. The number of benzene rings is 2. The molecule has 0 unspecified atom stereocenters. The van der Waals surface area contributed by atoms with Gasteiger partial charge in [-0.2, -0.15) is 16.8 Å². The molecular weight excluding hydrogens is 304 g/mol. The van der Waals surface area contributed by atoms with Crippen molar-refractivity contribution in [3.63, 3.8) is 0 Å². The van der Waals surface area contributed by atoms with Crippen molar-refractivity contribution in [1.29, 1.82) is 0 Å². The summed E-state index contributed by atoms with van der Waals surface area (Å²) in [5.41, 5.74) is 1.19. The van der Waals surface area contributed by atoms with E-state index in [-0.39, 0.29) is 5.39 Å². The van der Waals surface area contributed by atoms with E-state index in [1.807, 2.05) is 0 Å². The van der Waals surface area contributed by atoms with E-state index in [2.05, 4.69) is 0 Å². The van der Waals surface area contributed by atoms with Gasteiger partial charge in [0.05, 0.1) is 4.90 Å². The molecule has 106 valence electrons. The first-order valence-corrected chi connectivity index (χ1v) is 8.60. The monoisotopic (exact) mass is 314 g/mol. The van der Waals surface area contributed by atoms with Gasteiger partial charge in [-0.3, -0.25) is 9.11 Å². The number of rotatable bonds is 2. The minimum Gasteiger partial charge on any atom is -0.282 e. The van der Waals surface area contributed by atoms with Crippen LogP contribution in [0, 0.1) is 0 Å². The van der Waals surface area contributed by atoms with Crippen molar-refractivity contribution < 1.29 is 25.9 Å². The summed E-state index contributed by atoms with van der Waals surface area (Å²) in [6.07, 6.45) is 0.959. The second-order valence-corrected chi connectivity index (χ2v) is 7.42. The number of hydrogen-bond donors (Lipinski definition) is 2. The Morgan fingerprint density at radius 2 is 1.55 bits per heavy atom. The summed E-state index contributed by atoms with van der Waals surface area (Å²) < 4.78 is 64.3. The Hall–Kier alpha value is -1.48. The van der Waals surface area contributed by atoms with Gasteiger partial charge in [-0.05, 0) is 35.4 Å². The molecule has 1 aliphatic rings. The molecule has 0 saturated heterocycles. The zero-order valence-corrected chi connectivity index (χ0v) is 11.7. The van der Waals surface area contributed by atoms with E-state index in [4.69, 9.17) is 0 Å². The molecule has 0 heterocycles. The normalized spacial score (nSPS) is 14.9. The minimum absolute atomic E-state index is 0.268. The van der Waals surface area contributed by atoms with Crippen LogP contribution in [0.4, 0.5) is 0 Å². The molecule has 0 fully saturated rings. The molecule has 0 bridgehead atoms. The summed E-state index contributed by atoms with van der Waals surface area (Å²) in [6, 6.07) is 5.73. The molecular formula is C12H10O6S2. The van der Waals surface area contributed by atoms with Crippen LogP contribution in [0.1, 0.15) is 11.1 Å². The Bertz CT molecular complexity index is 942. The Labute approximate surface area is 115 Å². The Balaban J connectivity index is 2.61. The van der Waals surface area contributed by atoms with Crippen LogP contribution < -0.4 is 0 Å². The Kier molecular flexibility index (Phi) is 2.71. The predicted octanol–water partition coefficient (Wildman–Crippen LogP) is 1.43. The summed E-state index contributed by atoms with van der Waals surface area (Å²) >= 11 is 0. The van der Waals surface area contributed by atoms with E-state index >= 15 is 0 Å². The highest BCUT2D eigenvalue weighted by Gasteiger charge is 2.28. The lowest BCUT2D eigenvalue weighted by Crippen LogP contribution is -2.07. The number of aryl methyl sites for hydroxylation is 2. The predicted molar refractivity (Wildman–Crippen MR) is 71.0 cm³/mol. The van der Waals surface area contributed by atoms with Crippen LogP contribution in [0.3, 0.4) is 0 Å². The van der Waals surface area contributed by atoms with Crippen LogP contribution in [0.25, 0.3) is 10.8 Å². The van der Waals surface area contributed by atoms with Gasteiger partial charge in [0, 0.05) is 5.39 Å². The Morgan fingerprint density at radius 3 is 2.15 bits per heavy atom. The molecule has 6 nitrogen and oxygen atoms in total. The molecule has 0 aromatic heterocycles. The topological polar surface area (TPSA) is 109 Å². The molecule has 2 N–H and O–H groups in total. The summed E-state index contributed by atoms with van der Waals surface area (Å²) in [4.78, 5) is -0.963. The standard InChI is InChI=1S/C12H10O6S2/c13-19(14,15)10-6-11(20(16,17)18)9-5-4-7-2-1-3-8(10)12(7)9/h1-3,6H,4-5H2,(H,13,14,15)(H,16,17,18). The first-order valence-electron chi connectivity index (χ1n) is 5.72. The van der Waals surface area contributed by atoms with Gasteiger partial charge in [0.1, 0.15) is 4.90 Å². The van der Waals surface area contributed by atoms with Crippen molar-refractivity contribution in [2.45, 2.75) is 22.6 Å². The van der Waals surface area contributed by atoms with Crippen molar-refractivity contribution in [2.24, 2.45) is 0 Å². The second-order valence-electron chi connectivity index (χ2n) is 4.64. The van der Waals surface area contributed by atoms with Crippen molar-refractivity contribution in [2.75, 3.05) is 0 Å². The van der Waals surface area contributed by atoms with Gasteiger partial charge in [-0.25, -0.2) is 0 Å². The molecule has 20 heavy (non-hydrogen) atoms. The molecule has 3 rings (SSSR count). The zero-order chi connectivity index (χ0) is 14.7. The van der Waals surface area contributed by atoms with Gasteiger partial charge in [-0.1, -0.05) is 18.2 Å². The highest BCUT2D eigenvalue weighted by atomic mass is 32.2. The average molecular weight is 314 g/mol. The highest BCUT2D eigenvalue weighted by Crippen LogP contribution is 2.38. The molecule has 0 aliphatic heterocycles. The minimum atomic E-state index is -4.59. The molecule has 2 aromatic rings. The van der Waals surface area contributed by atoms with Crippen molar-refractivity contribution >= 4 is 31.0 Å². The largest absolute Gasteiger partial charge is 0.295 e. The van der Waals surface area contributed by atoms with E-state index in [1.165, 1.54) is 6.07 Å². The highest BCUT2D eigenvalue weighted by molar-refractivity contribution is 7.86. The van der Waals surface area contributed by atoms with Crippen molar-refractivity contribution in [3.8, 4) is 0 Å². The van der Waals surface area contributed by atoms with E-state index in [0.29, 0.717) is 23.8 Å². The van der Waals surface area contributed by atoms with E-state index in [9.17, 15) is 25.9 Å². The van der Waals surface area contributed by atoms with Crippen LogP contribution in [0.5, 0.6) is 0 Å².